The van der Waals surface area contributed by atoms with Crippen LogP contribution >= 0.6 is 0 Å². The molecule has 0 saturated heterocycles. The van der Waals surface area contributed by atoms with Gasteiger partial charge in [0.25, 0.3) is 5.91 Å². The van der Waals surface area contributed by atoms with Gasteiger partial charge in [-0.3, -0.25) is 4.79 Å². The highest BCUT2D eigenvalue weighted by Crippen LogP contribution is 2.19. The van der Waals surface area contributed by atoms with E-state index in [4.69, 9.17) is 10.2 Å². The molecule has 0 saturated carbocycles. The number of carbonyl (C=O) groups is 1. The van der Waals surface area contributed by atoms with Gasteiger partial charge in [-0.25, -0.2) is 14.4 Å². The Morgan fingerprint density at radius 3 is 2.83 bits per heavy atom. The van der Waals surface area contributed by atoms with Crippen LogP contribution in [0.2, 0.25) is 0 Å². The molecule has 23 heavy (non-hydrogen) atoms. The van der Waals surface area contributed by atoms with Gasteiger partial charge < -0.3 is 15.5 Å². The van der Waals surface area contributed by atoms with Crippen LogP contribution in [0.5, 0.6) is 0 Å². The minimum atomic E-state index is -0.434. The first-order valence-electron chi connectivity index (χ1n) is 6.83. The molecule has 6 nitrogen and oxygen atoms in total. The third-order valence-electron chi connectivity index (χ3n) is 3.09. The van der Waals surface area contributed by atoms with E-state index in [1.165, 1.54) is 24.5 Å². The maximum Gasteiger partial charge on any atom is 0.270 e. The Bertz CT molecular complexity index is 834. The Kier molecular flexibility index (Phi) is 4.01. The summed E-state index contributed by atoms with van der Waals surface area (Å²) in [5.41, 5.74) is 6.81. The third kappa shape index (κ3) is 3.52. The van der Waals surface area contributed by atoms with Gasteiger partial charge in [0.1, 0.15) is 17.2 Å². The normalized spacial score (nSPS) is 10.5. The van der Waals surface area contributed by atoms with E-state index in [0.29, 0.717) is 17.0 Å². The number of halogens is 1. The molecular formula is C16H13FN4O2. The van der Waals surface area contributed by atoms with Gasteiger partial charge in [-0.1, -0.05) is 12.1 Å². The number of furan rings is 1. The molecule has 1 aromatic carbocycles. The van der Waals surface area contributed by atoms with E-state index in [1.807, 2.05) is 0 Å². The van der Waals surface area contributed by atoms with Gasteiger partial charge in [-0.2, -0.15) is 0 Å². The lowest BCUT2D eigenvalue weighted by Crippen LogP contribution is -2.24. The highest BCUT2D eigenvalue weighted by atomic mass is 19.1. The van der Waals surface area contributed by atoms with Crippen LogP contribution < -0.4 is 11.1 Å². The number of anilines is 1. The molecule has 3 aromatic rings. The van der Waals surface area contributed by atoms with Crippen LogP contribution in [0.15, 0.2) is 53.1 Å². The molecule has 0 spiro atoms. The highest BCUT2D eigenvalue weighted by Gasteiger charge is 2.13. The third-order valence-corrected chi connectivity index (χ3v) is 3.09. The predicted molar refractivity (Wildman–Crippen MR) is 81.7 cm³/mol. The number of amides is 1. The molecule has 2 heterocycles. The number of carbonyl (C=O) groups excluding carboxylic acids is 1. The van der Waals surface area contributed by atoms with Gasteiger partial charge in [-0.05, 0) is 35.9 Å². The lowest BCUT2D eigenvalue weighted by Gasteiger charge is -2.06. The zero-order valence-corrected chi connectivity index (χ0v) is 12.0. The number of rotatable bonds is 4. The van der Waals surface area contributed by atoms with Crippen molar-refractivity contribution in [2.75, 3.05) is 5.73 Å². The first-order chi connectivity index (χ1) is 11.1. The number of nitrogen functional groups attached to an aromatic ring is 1. The smallest absolute Gasteiger partial charge is 0.270 e. The second-order valence-corrected chi connectivity index (χ2v) is 4.79. The van der Waals surface area contributed by atoms with Gasteiger partial charge in [-0.15, -0.1) is 0 Å². The largest absolute Gasteiger partial charge is 0.463 e. The van der Waals surface area contributed by atoms with Crippen molar-refractivity contribution in [3.63, 3.8) is 0 Å². The zero-order valence-electron chi connectivity index (χ0n) is 12.0. The summed E-state index contributed by atoms with van der Waals surface area (Å²) in [6.45, 7) is 0.177. The van der Waals surface area contributed by atoms with Crippen LogP contribution in [0.25, 0.3) is 11.5 Å². The second-order valence-electron chi connectivity index (χ2n) is 4.79. The summed E-state index contributed by atoms with van der Waals surface area (Å²) in [5.74, 6) is -0.340. The average molecular weight is 312 g/mol. The number of nitrogens with one attached hydrogen (secondary N) is 1. The number of nitrogens with two attached hydrogens (primary N) is 1. The SMILES string of the molecule is Nc1nc(C(=O)NCc2cccc(F)c2)cc(-c2ccco2)n1. The molecule has 116 valence electrons. The van der Waals surface area contributed by atoms with Crippen molar-refractivity contribution in [3.05, 3.63) is 65.8 Å². The predicted octanol–water partition coefficient (Wildman–Crippen LogP) is 2.39. The van der Waals surface area contributed by atoms with Gasteiger partial charge in [0.2, 0.25) is 5.95 Å². The van der Waals surface area contributed by atoms with Crippen LogP contribution in [0.1, 0.15) is 16.1 Å². The van der Waals surface area contributed by atoms with Crippen LogP contribution in [-0.4, -0.2) is 15.9 Å². The molecule has 0 bridgehead atoms. The van der Waals surface area contributed by atoms with Crippen LogP contribution in [0, 0.1) is 5.82 Å². The lowest BCUT2D eigenvalue weighted by molar-refractivity contribution is 0.0946. The molecule has 2 aromatic heterocycles. The summed E-state index contributed by atoms with van der Waals surface area (Å²) in [7, 11) is 0. The topological polar surface area (TPSA) is 94.0 Å². The van der Waals surface area contributed by atoms with Gasteiger partial charge in [0, 0.05) is 6.54 Å². The van der Waals surface area contributed by atoms with E-state index in [2.05, 4.69) is 15.3 Å². The standard InChI is InChI=1S/C16H13FN4O2/c17-11-4-1-3-10(7-11)9-19-15(22)13-8-12(20-16(18)21-13)14-5-2-6-23-14/h1-8H,9H2,(H,19,22)(H2,18,20,21). The number of benzene rings is 1. The van der Waals surface area contributed by atoms with Crippen molar-refractivity contribution in [1.29, 1.82) is 0 Å². The van der Waals surface area contributed by atoms with Crippen molar-refractivity contribution < 1.29 is 13.6 Å². The molecule has 3 N–H and O–H groups in total. The molecule has 0 aliphatic rings. The van der Waals surface area contributed by atoms with Crippen molar-refractivity contribution in [2.24, 2.45) is 0 Å². The summed E-state index contributed by atoms with van der Waals surface area (Å²) >= 11 is 0. The Balaban J connectivity index is 1.77. The van der Waals surface area contributed by atoms with E-state index in [0.717, 1.165) is 0 Å². The van der Waals surface area contributed by atoms with Crippen molar-refractivity contribution in [1.82, 2.24) is 15.3 Å². The fraction of sp³-hybridized carbons (Fsp3) is 0.0625. The zero-order chi connectivity index (χ0) is 16.2. The Morgan fingerprint density at radius 2 is 2.09 bits per heavy atom. The molecule has 0 fully saturated rings. The summed E-state index contributed by atoms with van der Waals surface area (Å²) in [4.78, 5) is 20.1. The minimum absolute atomic E-state index is 0.0326. The van der Waals surface area contributed by atoms with Gasteiger partial charge in [0.05, 0.1) is 6.26 Å². The summed E-state index contributed by atoms with van der Waals surface area (Å²) in [6.07, 6.45) is 1.50. The number of aromatic nitrogens is 2. The average Bonchev–Trinajstić information content (AvgIpc) is 3.06. The Labute approximate surface area is 131 Å². The van der Waals surface area contributed by atoms with Crippen molar-refractivity contribution in [3.8, 4) is 11.5 Å². The van der Waals surface area contributed by atoms with E-state index in [9.17, 15) is 9.18 Å². The van der Waals surface area contributed by atoms with E-state index < -0.39 is 5.91 Å². The summed E-state index contributed by atoms with van der Waals surface area (Å²) < 4.78 is 18.3. The number of nitrogens with zero attached hydrogens (tertiary/aromatic N) is 2. The monoisotopic (exact) mass is 312 g/mol. The number of hydrogen-bond donors (Lipinski definition) is 2. The highest BCUT2D eigenvalue weighted by molar-refractivity contribution is 5.93. The van der Waals surface area contributed by atoms with Crippen molar-refractivity contribution in [2.45, 2.75) is 6.54 Å². The van der Waals surface area contributed by atoms with Crippen molar-refractivity contribution >= 4 is 11.9 Å². The molecule has 0 atom stereocenters. The number of hydrogen-bond acceptors (Lipinski definition) is 5. The lowest BCUT2D eigenvalue weighted by atomic mass is 10.2. The fourth-order valence-corrected chi connectivity index (χ4v) is 2.05. The molecule has 1 amide bonds. The molecule has 0 radical (unpaired) electrons. The van der Waals surface area contributed by atoms with Gasteiger partial charge in [0.15, 0.2) is 5.76 Å². The molecule has 0 aliphatic carbocycles. The quantitative estimate of drug-likeness (QED) is 0.771. The summed E-state index contributed by atoms with van der Waals surface area (Å²) in [5, 5.41) is 2.66. The fourth-order valence-electron chi connectivity index (χ4n) is 2.05. The van der Waals surface area contributed by atoms with E-state index in [1.54, 1.807) is 24.3 Å². The Hall–Kier alpha value is -3.22. The van der Waals surface area contributed by atoms with Crippen LogP contribution in [0.3, 0.4) is 0 Å². The molecule has 7 heteroatoms. The van der Waals surface area contributed by atoms with E-state index in [-0.39, 0.29) is 24.0 Å². The summed E-state index contributed by atoms with van der Waals surface area (Å²) in [6, 6.07) is 10.9. The molecule has 0 aliphatic heterocycles. The van der Waals surface area contributed by atoms with Crippen LogP contribution in [0.4, 0.5) is 10.3 Å². The minimum Gasteiger partial charge on any atom is -0.463 e. The molecule has 3 rings (SSSR count). The molecular weight excluding hydrogens is 299 g/mol. The first-order valence-corrected chi connectivity index (χ1v) is 6.83. The van der Waals surface area contributed by atoms with E-state index >= 15 is 0 Å². The molecule has 0 unspecified atom stereocenters. The van der Waals surface area contributed by atoms with Gasteiger partial charge >= 0.3 is 0 Å². The Morgan fingerprint density at radius 1 is 1.22 bits per heavy atom. The maximum absolute atomic E-state index is 13.1. The second kappa shape index (κ2) is 6.27. The maximum atomic E-state index is 13.1. The first kappa shape index (κ1) is 14.7. The van der Waals surface area contributed by atoms with Crippen LogP contribution in [-0.2, 0) is 6.54 Å².